The molecule has 0 spiro atoms. The molecule has 0 saturated carbocycles. The van der Waals surface area contributed by atoms with Gasteiger partial charge >= 0.3 is 23.9 Å². The highest BCUT2D eigenvalue weighted by atomic mass is 32.2. The minimum absolute atomic E-state index is 0.0116. The van der Waals surface area contributed by atoms with Crippen molar-refractivity contribution < 1.29 is 48.0 Å². The molecular weight excluding hydrogens is 498 g/mol. The van der Waals surface area contributed by atoms with Gasteiger partial charge in [-0.1, -0.05) is 6.07 Å². The van der Waals surface area contributed by atoms with Crippen LogP contribution in [-0.4, -0.2) is 90.3 Å². The fraction of sp³-hybridized carbons (Fsp3) is 0.455. The normalized spacial score (nSPS) is 10.7. The van der Waals surface area contributed by atoms with E-state index in [1.54, 1.807) is 0 Å². The van der Waals surface area contributed by atoms with Gasteiger partial charge in [-0.2, -0.15) is 0 Å². The van der Waals surface area contributed by atoms with E-state index < -0.39 is 33.9 Å². The average Bonchev–Trinajstić information content (AvgIpc) is 3.17. The van der Waals surface area contributed by atoms with Crippen LogP contribution in [0.5, 0.6) is 0 Å². The number of carbonyl (C=O) groups is 4. The largest absolute Gasteiger partial charge is 0.481 e. The highest BCUT2D eigenvalue weighted by Gasteiger charge is 2.11. The van der Waals surface area contributed by atoms with Crippen molar-refractivity contribution in [1.29, 1.82) is 0 Å². The van der Waals surface area contributed by atoms with Gasteiger partial charge in [0.1, 0.15) is 0 Å². The molecule has 0 amide bonds. The number of nitrogens with zero attached hydrogens (tertiary/aromatic N) is 1. The number of likely N-dealkylation sites (N-methyl/N-ethyl adjacent to an activating group) is 1. The van der Waals surface area contributed by atoms with E-state index in [0.717, 1.165) is 29.4 Å². The molecule has 0 unspecified atom stereocenters. The standard InChI is InChI=1S/C14H21N3O2S.2C4H6O4/c1-15-20(18,19)10-11-4-5-14-13(8-11)12(9-16-14)6-7-17(2)3;2*5-3(6)1-2-4(7)8/h4-5,8-9,15-16H,6-7,10H2,1-3H3;2*1-2H2,(H,5,6)(H,7,8). The predicted octanol–water partition coefficient (Wildman–Crippen LogP) is 1.19. The van der Waals surface area contributed by atoms with E-state index in [0.29, 0.717) is 0 Å². The second-order valence-corrected chi connectivity index (χ2v) is 9.71. The summed E-state index contributed by atoms with van der Waals surface area (Å²) in [4.78, 5) is 43.9. The van der Waals surface area contributed by atoms with E-state index in [1.807, 2.05) is 38.5 Å². The van der Waals surface area contributed by atoms with Crippen LogP contribution in [0.4, 0.5) is 0 Å². The van der Waals surface area contributed by atoms with Gasteiger partial charge in [-0.15, -0.1) is 0 Å². The second kappa shape index (κ2) is 16.2. The molecule has 2 rings (SSSR count). The Labute approximate surface area is 208 Å². The Bertz CT molecular complexity index is 1070. The van der Waals surface area contributed by atoms with Crippen molar-refractivity contribution in [2.75, 3.05) is 27.7 Å². The zero-order valence-electron chi connectivity index (χ0n) is 20.4. The van der Waals surface area contributed by atoms with Crippen molar-refractivity contribution in [3.05, 3.63) is 35.5 Å². The highest BCUT2D eigenvalue weighted by Crippen LogP contribution is 2.21. The number of H-pyrrole nitrogens is 1. The summed E-state index contributed by atoms with van der Waals surface area (Å²) in [5.41, 5.74) is 3.07. The maximum Gasteiger partial charge on any atom is 0.303 e. The molecule has 0 aliphatic rings. The first-order valence-corrected chi connectivity index (χ1v) is 12.3. The zero-order valence-corrected chi connectivity index (χ0v) is 21.2. The van der Waals surface area contributed by atoms with Crippen LogP contribution in [0.2, 0.25) is 0 Å². The topological polar surface area (TPSA) is 214 Å². The van der Waals surface area contributed by atoms with Gasteiger partial charge in [0.25, 0.3) is 0 Å². The molecule has 14 heteroatoms. The van der Waals surface area contributed by atoms with E-state index in [1.165, 1.54) is 12.6 Å². The number of sulfonamides is 1. The molecule has 0 saturated heterocycles. The molecule has 0 atom stereocenters. The molecule has 0 bridgehead atoms. The first-order valence-electron chi connectivity index (χ1n) is 10.7. The van der Waals surface area contributed by atoms with Gasteiger partial charge in [0.2, 0.25) is 10.0 Å². The molecule has 0 aliphatic heterocycles. The van der Waals surface area contributed by atoms with Crippen LogP contribution in [-0.2, 0) is 41.4 Å². The third kappa shape index (κ3) is 15.4. The van der Waals surface area contributed by atoms with Crippen LogP contribution in [0.15, 0.2) is 24.4 Å². The Morgan fingerprint density at radius 1 is 0.889 bits per heavy atom. The fourth-order valence-electron chi connectivity index (χ4n) is 2.59. The predicted molar refractivity (Wildman–Crippen MR) is 131 cm³/mol. The van der Waals surface area contributed by atoms with Gasteiger partial charge in [0, 0.05) is 23.6 Å². The number of aliphatic carboxylic acids is 4. The number of fused-ring (bicyclic) bond motifs is 1. The van der Waals surface area contributed by atoms with Crippen LogP contribution in [0.3, 0.4) is 0 Å². The SMILES string of the molecule is CNS(=O)(=O)Cc1ccc2[nH]cc(CCN(C)C)c2c1.O=C(O)CCC(=O)O.O=C(O)CCC(=O)O. The summed E-state index contributed by atoms with van der Waals surface area (Å²) >= 11 is 0. The van der Waals surface area contributed by atoms with E-state index in [2.05, 4.69) is 14.6 Å². The number of aromatic amines is 1. The lowest BCUT2D eigenvalue weighted by Gasteiger charge is -2.08. The molecule has 1 aromatic carbocycles. The molecule has 0 radical (unpaired) electrons. The lowest BCUT2D eigenvalue weighted by Crippen LogP contribution is -2.20. The van der Waals surface area contributed by atoms with Gasteiger partial charge in [-0.05, 0) is 50.8 Å². The summed E-state index contributed by atoms with van der Waals surface area (Å²) in [5.74, 6) is -4.29. The number of carboxylic acids is 4. The summed E-state index contributed by atoms with van der Waals surface area (Å²) in [7, 11) is 2.29. The third-order valence-electron chi connectivity index (χ3n) is 4.43. The van der Waals surface area contributed by atoms with Gasteiger partial charge < -0.3 is 30.3 Å². The van der Waals surface area contributed by atoms with Gasteiger partial charge in [0.05, 0.1) is 31.4 Å². The van der Waals surface area contributed by atoms with Crippen molar-refractivity contribution in [1.82, 2.24) is 14.6 Å². The Kier molecular flexibility index (Phi) is 14.7. The molecule has 1 heterocycles. The molecule has 13 nitrogen and oxygen atoms in total. The van der Waals surface area contributed by atoms with Gasteiger partial charge in [-0.25, -0.2) is 13.1 Å². The van der Waals surface area contributed by atoms with E-state index in [4.69, 9.17) is 20.4 Å². The van der Waals surface area contributed by atoms with E-state index in [-0.39, 0.29) is 31.4 Å². The van der Waals surface area contributed by atoms with Crippen LogP contribution in [0.25, 0.3) is 10.9 Å². The van der Waals surface area contributed by atoms with Crippen LogP contribution in [0.1, 0.15) is 36.8 Å². The summed E-state index contributed by atoms with van der Waals surface area (Å²) < 4.78 is 25.6. The van der Waals surface area contributed by atoms with Crippen molar-refractivity contribution in [2.45, 2.75) is 37.9 Å². The summed E-state index contributed by atoms with van der Waals surface area (Å²) in [5, 5.41) is 32.7. The minimum atomic E-state index is -3.23. The Morgan fingerprint density at radius 3 is 1.75 bits per heavy atom. The first-order chi connectivity index (χ1) is 16.7. The fourth-order valence-corrected chi connectivity index (χ4v) is 3.35. The second-order valence-electron chi connectivity index (χ2n) is 7.79. The Balaban J connectivity index is 0.000000634. The molecular formula is C22H33N3O10S. The smallest absolute Gasteiger partial charge is 0.303 e. The molecule has 0 aliphatic carbocycles. The van der Waals surface area contributed by atoms with Crippen molar-refractivity contribution in [3.8, 4) is 0 Å². The number of rotatable bonds is 12. The third-order valence-corrected chi connectivity index (χ3v) is 5.77. The Hall–Kier alpha value is -3.49. The van der Waals surface area contributed by atoms with Crippen molar-refractivity contribution >= 4 is 44.8 Å². The number of hydrogen-bond acceptors (Lipinski definition) is 7. The number of carboxylic acid groups (broad SMARTS) is 4. The molecule has 0 fully saturated rings. The van der Waals surface area contributed by atoms with E-state index in [9.17, 15) is 27.6 Å². The minimum Gasteiger partial charge on any atom is -0.481 e. The first kappa shape index (κ1) is 32.5. The van der Waals surface area contributed by atoms with Crippen molar-refractivity contribution in [2.24, 2.45) is 0 Å². The summed E-state index contributed by atoms with van der Waals surface area (Å²) in [6.07, 6.45) is 1.76. The lowest BCUT2D eigenvalue weighted by atomic mass is 10.1. The summed E-state index contributed by atoms with van der Waals surface area (Å²) in [6, 6.07) is 5.75. The average molecular weight is 532 g/mol. The number of aromatic nitrogens is 1. The Morgan fingerprint density at radius 2 is 1.36 bits per heavy atom. The summed E-state index contributed by atoms with van der Waals surface area (Å²) in [6.45, 7) is 0.964. The highest BCUT2D eigenvalue weighted by molar-refractivity contribution is 7.88. The van der Waals surface area contributed by atoms with E-state index >= 15 is 0 Å². The van der Waals surface area contributed by atoms with Crippen LogP contribution >= 0.6 is 0 Å². The number of hydrogen-bond donors (Lipinski definition) is 6. The van der Waals surface area contributed by atoms with Gasteiger partial charge in [0.15, 0.2) is 0 Å². The molecule has 36 heavy (non-hydrogen) atoms. The molecule has 202 valence electrons. The maximum absolute atomic E-state index is 11.6. The quantitative estimate of drug-likeness (QED) is 0.229. The number of benzene rings is 1. The molecule has 2 aromatic rings. The van der Waals surface area contributed by atoms with Crippen LogP contribution in [0, 0.1) is 0 Å². The number of nitrogens with one attached hydrogen (secondary N) is 2. The molecule has 6 N–H and O–H groups in total. The lowest BCUT2D eigenvalue weighted by molar-refractivity contribution is -0.143. The van der Waals surface area contributed by atoms with Crippen LogP contribution < -0.4 is 4.72 Å². The monoisotopic (exact) mass is 531 g/mol. The maximum atomic E-state index is 11.6. The van der Waals surface area contributed by atoms with Gasteiger partial charge in [-0.3, -0.25) is 19.2 Å². The molecule has 1 aromatic heterocycles. The zero-order chi connectivity index (χ0) is 27.9. The van der Waals surface area contributed by atoms with Crippen molar-refractivity contribution in [3.63, 3.8) is 0 Å².